The van der Waals surface area contributed by atoms with E-state index in [9.17, 15) is 16.8 Å². The summed E-state index contributed by atoms with van der Waals surface area (Å²) in [6, 6.07) is 23.8. The molecule has 1 heterocycles. The fraction of sp³-hybridized carbons (Fsp3) is 0.308. The van der Waals surface area contributed by atoms with Gasteiger partial charge < -0.3 is 0 Å². The molecule has 4 rings (SSSR count). The van der Waals surface area contributed by atoms with Crippen molar-refractivity contribution in [2.45, 2.75) is 29.0 Å². The van der Waals surface area contributed by atoms with E-state index in [0.29, 0.717) is 11.4 Å². The van der Waals surface area contributed by atoms with Gasteiger partial charge in [0.15, 0.2) is 0 Å². The third kappa shape index (κ3) is 5.81. The van der Waals surface area contributed by atoms with Crippen molar-refractivity contribution >= 4 is 39.3 Å². The van der Waals surface area contributed by atoms with Crippen molar-refractivity contribution in [2.75, 3.05) is 18.8 Å². The normalized spacial score (nSPS) is 19.4. The first-order valence-corrected chi connectivity index (χ1v) is 16.4. The van der Waals surface area contributed by atoms with Crippen LogP contribution in [0.3, 0.4) is 0 Å². The monoisotopic (exact) mass is 563 g/mol. The van der Waals surface area contributed by atoms with Crippen molar-refractivity contribution in [1.82, 2.24) is 4.31 Å². The SMILES string of the molecule is Cc1ccc(S(=O)(=O)CC2CN(S(=O)(=O)c3ccc(C)cc3)CC2C[Se]c2ccccc2)cc1. The van der Waals surface area contributed by atoms with Crippen molar-refractivity contribution < 1.29 is 16.8 Å². The van der Waals surface area contributed by atoms with Crippen LogP contribution in [0.4, 0.5) is 0 Å². The van der Waals surface area contributed by atoms with Gasteiger partial charge in [-0.15, -0.1) is 0 Å². The summed E-state index contributed by atoms with van der Waals surface area (Å²) < 4.78 is 55.9. The zero-order valence-electron chi connectivity index (χ0n) is 19.3. The van der Waals surface area contributed by atoms with Crippen molar-refractivity contribution in [2.24, 2.45) is 11.8 Å². The maximum absolute atomic E-state index is 13.4. The van der Waals surface area contributed by atoms with Crippen LogP contribution in [0.5, 0.6) is 0 Å². The van der Waals surface area contributed by atoms with E-state index in [1.54, 1.807) is 48.5 Å². The second-order valence-electron chi connectivity index (χ2n) is 8.87. The van der Waals surface area contributed by atoms with Gasteiger partial charge in [0.2, 0.25) is 0 Å². The van der Waals surface area contributed by atoms with Crippen LogP contribution in [0.25, 0.3) is 0 Å². The number of hydrogen-bond donors (Lipinski definition) is 0. The van der Waals surface area contributed by atoms with Crippen LogP contribution in [0.2, 0.25) is 5.32 Å². The van der Waals surface area contributed by atoms with E-state index in [1.165, 1.54) is 8.77 Å². The van der Waals surface area contributed by atoms with E-state index in [-0.39, 0.29) is 44.0 Å². The summed E-state index contributed by atoms with van der Waals surface area (Å²) in [5.41, 5.74) is 1.99. The Bertz CT molecular complexity index is 1320. The van der Waals surface area contributed by atoms with Gasteiger partial charge in [-0.25, -0.2) is 0 Å². The Labute approximate surface area is 209 Å². The minimum atomic E-state index is -3.68. The van der Waals surface area contributed by atoms with Crippen LogP contribution in [0, 0.1) is 25.7 Å². The third-order valence-electron chi connectivity index (χ3n) is 6.22. The molecule has 34 heavy (non-hydrogen) atoms. The fourth-order valence-corrected chi connectivity index (χ4v) is 9.79. The summed E-state index contributed by atoms with van der Waals surface area (Å²) in [6.45, 7) is 4.40. The molecular formula is C26H29NO4S2Se. The van der Waals surface area contributed by atoms with Crippen molar-refractivity contribution in [3.05, 3.63) is 90.0 Å². The Morgan fingerprint density at radius 2 is 1.26 bits per heavy atom. The van der Waals surface area contributed by atoms with Crippen LogP contribution >= 0.6 is 0 Å². The summed E-state index contributed by atoms with van der Waals surface area (Å²) >= 11 is 0.140. The molecule has 0 saturated carbocycles. The number of aryl methyl sites for hydroxylation is 2. The Morgan fingerprint density at radius 3 is 1.85 bits per heavy atom. The topological polar surface area (TPSA) is 71.5 Å². The molecule has 180 valence electrons. The summed E-state index contributed by atoms with van der Waals surface area (Å²) in [4.78, 5) is 0.553. The molecule has 0 spiro atoms. The molecule has 0 amide bonds. The molecule has 1 aliphatic rings. The van der Waals surface area contributed by atoms with Gasteiger partial charge in [-0.1, -0.05) is 0 Å². The zero-order chi connectivity index (χ0) is 24.3. The molecular weight excluding hydrogens is 533 g/mol. The number of rotatable bonds is 8. The standard InChI is InChI=1S/C26H29NO4S2Se/c1-20-8-12-24(13-9-20)32(28,29)18-22-16-27(33(30,31)25-14-10-21(2)11-15-25)17-23(22)19-34-26-6-4-3-5-7-26/h3-15,22-23H,16-19H2,1-2H3. The Kier molecular flexibility index (Phi) is 7.65. The van der Waals surface area contributed by atoms with Crippen LogP contribution in [0.1, 0.15) is 11.1 Å². The van der Waals surface area contributed by atoms with Gasteiger partial charge in [0.05, 0.1) is 0 Å². The van der Waals surface area contributed by atoms with Crippen LogP contribution < -0.4 is 4.46 Å². The molecule has 3 aromatic carbocycles. The van der Waals surface area contributed by atoms with Gasteiger partial charge in [0, 0.05) is 0 Å². The molecule has 0 radical (unpaired) electrons. The van der Waals surface area contributed by atoms with E-state index in [0.717, 1.165) is 16.4 Å². The molecule has 0 bridgehead atoms. The molecule has 2 atom stereocenters. The van der Waals surface area contributed by atoms with E-state index in [1.807, 2.05) is 32.0 Å². The molecule has 0 aromatic heterocycles. The van der Waals surface area contributed by atoms with Crippen LogP contribution in [-0.4, -0.2) is 54.9 Å². The molecule has 0 N–H and O–H groups in total. The minimum absolute atomic E-state index is 0.0133. The summed E-state index contributed by atoms with van der Waals surface area (Å²) in [7, 11) is -7.21. The first-order chi connectivity index (χ1) is 16.1. The molecule has 0 aliphatic carbocycles. The fourth-order valence-electron chi connectivity index (χ4n) is 4.17. The number of hydrogen-bond acceptors (Lipinski definition) is 4. The van der Waals surface area contributed by atoms with E-state index >= 15 is 0 Å². The number of sulfone groups is 1. The van der Waals surface area contributed by atoms with Gasteiger partial charge in [0.1, 0.15) is 0 Å². The molecule has 2 unspecified atom stereocenters. The number of benzene rings is 3. The maximum atomic E-state index is 13.4. The molecule has 3 aromatic rings. The molecule has 8 heteroatoms. The van der Waals surface area contributed by atoms with Crippen LogP contribution in [0.15, 0.2) is 88.7 Å². The Hall–Kier alpha value is -1.96. The molecule has 1 saturated heterocycles. The third-order valence-corrected chi connectivity index (χ3v) is 12.4. The number of nitrogens with zero attached hydrogens (tertiary/aromatic N) is 1. The van der Waals surface area contributed by atoms with Gasteiger partial charge in [-0.05, 0) is 0 Å². The van der Waals surface area contributed by atoms with Crippen molar-refractivity contribution in [3.63, 3.8) is 0 Å². The predicted molar refractivity (Wildman–Crippen MR) is 137 cm³/mol. The average molecular weight is 563 g/mol. The number of sulfonamides is 1. The first kappa shape index (κ1) is 25.1. The Morgan fingerprint density at radius 1 is 0.735 bits per heavy atom. The first-order valence-electron chi connectivity index (χ1n) is 11.2. The van der Waals surface area contributed by atoms with E-state index in [4.69, 9.17) is 0 Å². The Balaban J connectivity index is 1.58. The van der Waals surface area contributed by atoms with Crippen molar-refractivity contribution in [3.8, 4) is 0 Å². The second kappa shape index (κ2) is 10.3. The van der Waals surface area contributed by atoms with Gasteiger partial charge in [-0.2, -0.15) is 0 Å². The van der Waals surface area contributed by atoms with E-state index in [2.05, 4.69) is 12.1 Å². The van der Waals surface area contributed by atoms with E-state index < -0.39 is 19.9 Å². The van der Waals surface area contributed by atoms with Crippen LogP contribution in [-0.2, 0) is 19.9 Å². The second-order valence-corrected chi connectivity index (χ2v) is 15.1. The summed E-state index contributed by atoms with van der Waals surface area (Å²) in [6.07, 6.45) is 0. The van der Waals surface area contributed by atoms with Gasteiger partial charge in [0.25, 0.3) is 0 Å². The van der Waals surface area contributed by atoms with Gasteiger partial charge in [-0.3, -0.25) is 0 Å². The predicted octanol–water partition coefficient (Wildman–Crippen LogP) is 3.46. The molecule has 5 nitrogen and oxygen atoms in total. The summed E-state index contributed by atoms with van der Waals surface area (Å²) in [5.74, 6) is -0.316. The molecule has 1 aliphatic heterocycles. The van der Waals surface area contributed by atoms with Gasteiger partial charge >= 0.3 is 210 Å². The summed E-state index contributed by atoms with van der Waals surface area (Å²) in [5, 5.41) is 0.797. The van der Waals surface area contributed by atoms with Crippen molar-refractivity contribution in [1.29, 1.82) is 0 Å². The zero-order valence-corrected chi connectivity index (χ0v) is 22.6. The molecule has 1 fully saturated rings. The average Bonchev–Trinajstić information content (AvgIpc) is 3.22. The quantitative estimate of drug-likeness (QED) is 0.395.